The van der Waals surface area contributed by atoms with Crippen molar-refractivity contribution < 1.29 is 63.7 Å². The number of anilines is 1. The minimum atomic E-state index is -5.17. The van der Waals surface area contributed by atoms with Gasteiger partial charge >= 0.3 is 24.5 Å². The fraction of sp³-hybridized carbons (Fsp3) is 0.238. The molecule has 0 unspecified atom stereocenters. The summed E-state index contributed by atoms with van der Waals surface area (Å²) in [5, 5.41) is 2.24. The van der Waals surface area contributed by atoms with Gasteiger partial charge in [-0.2, -0.15) is 13.2 Å². The summed E-state index contributed by atoms with van der Waals surface area (Å²) < 4.78 is 123. The Morgan fingerprint density at radius 1 is 0.919 bits per heavy atom. The minimum absolute atomic E-state index is 0.0572. The smallest absolute Gasteiger partial charge is 0.448 e. The first kappa shape index (κ1) is 28.0. The summed E-state index contributed by atoms with van der Waals surface area (Å²) in [4.78, 5) is 24.2. The van der Waals surface area contributed by atoms with E-state index in [9.17, 15) is 44.7 Å². The van der Waals surface area contributed by atoms with Crippen LogP contribution in [-0.4, -0.2) is 24.1 Å². The van der Waals surface area contributed by atoms with E-state index in [1.165, 1.54) is 13.8 Å². The van der Waals surface area contributed by atoms with Crippen LogP contribution in [0.5, 0.6) is 17.2 Å². The Morgan fingerprint density at radius 2 is 1.46 bits per heavy atom. The minimum Gasteiger partial charge on any atom is -0.448 e. The molecule has 0 atom stereocenters. The molecule has 0 amide bonds. The first-order valence-corrected chi connectivity index (χ1v) is 10.4. The maximum absolute atomic E-state index is 14.3. The Labute approximate surface area is 210 Å². The van der Waals surface area contributed by atoms with E-state index in [0.717, 1.165) is 0 Å². The summed E-state index contributed by atoms with van der Waals surface area (Å²) in [5.74, 6) is -10.5. The summed E-state index contributed by atoms with van der Waals surface area (Å²) >= 11 is 2.82. The number of alkyl halides is 6. The van der Waals surface area contributed by atoms with E-state index in [2.05, 4.69) is 26.0 Å². The zero-order chi connectivity index (χ0) is 27.9. The average molecular weight is 606 g/mol. The number of carbonyl (C=O) groups excluding carboxylic acids is 2. The van der Waals surface area contributed by atoms with Crippen molar-refractivity contribution in [3.63, 3.8) is 0 Å². The van der Waals surface area contributed by atoms with Gasteiger partial charge in [0.1, 0.15) is 5.75 Å². The second kappa shape index (κ2) is 9.72. The first-order valence-electron chi connectivity index (χ1n) is 9.63. The van der Waals surface area contributed by atoms with Crippen LogP contribution in [0.1, 0.15) is 19.4 Å². The molecule has 2 aromatic carbocycles. The van der Waals surface area contributed by atoms with Gasteiger partial charge in [-0.05, 0) is 34.1 Å². The highest BCUT2D eigenvalue weighted by Crippen LogP contribution is 2.43. The highest BCUT2D eigenvalue weighted by atomic mass is 79.9. The maximum atomic E-state index is 14.3. The Morgan fingerprint density at radius 3 is 1.95 bits per heavy atom. The van der Waals surface area contributed by atoms with E-state index in [4.69, 9.17) is 14.2 Å². The van der Waals surface area contributed by atoms with Gasteiger partial charge < -0.3 is 24.3 Å². The molecule has 2 aromatic rings. The zero-order valence-electron chi connectivity index (χ0n) is 18.2. The molecular formula is C21H12BrF8NO6. The number of halogens is 9. The number of hydrogen-bond acceptors (Lipinski definition) is 7. The van der Waals surface area contributed by atoms with Gasteiger partial charge in [0.05, 0.1) is 15.7 Å². The number of rotatable bonds is 5. The molecule has 1 fully saturated rings. The molecule has 1 aliphatic heterocycles. The van der Waals surface area contributed by atoms with Crippen LogP contribution in [0.15, 0.2) is 40.5 Å². The second-order valence-corrected chi connectivity index (χ2v) is 8.43. The van der Waals surface area contributed by atoms with Crippen LogP contribution in [-0.2, 0) is 25.2 Å². The lowest BCUT2D eigenvalue weighted by atomic mass is 10.2. The maximum Gasteiger partial charge on any atom is 0.573 e. The third kappa shape index (κ3) is 6.81. The molecule has 0 spiro atoms. The van der Waals surface area contributed by atoms with Gasteiger partial charge in [0.25, 0.3) is 5.79 Å². The van der Waals surface area contributed by atoms with Crippen molar-refractivity contribution in [2.75, 3.05) is 5.32 Å². The standard InChI is InChI=1S/C21H12BrF8NO6/c1-19(2)36-17(32)10(18(33)37-19)7-31-14-6-9(35-21(28,29)30)5-11(22)15(14)34-16-12(23)3-8(4-13(16)24)20(25,26)27/h3-7,31H,1-2H3. The number of hydrogen-bond donors (Lipinski definition) is 1. The number of carbonyl (C=O) groups is 2. The van der Waals surface area contributed by atoms with Crippen LogP contribution in [0.25, 0.3) is 0 Å². The lowest BCUT2D eigenvalue weighted by molar-refractivity contribution is -0.274. The van der Waals surface area contributed by atoms with Gasteiger partial charge in [0.15, 0.2) is 28.7 Å². The third-order valence-electron chi connectivity index (χ3n) is 4.27. The molecule has 1 heterocycles. The molecular weight excluding hydrogens is 594 g/mol. The summed E-state index contributed by atoms with van der Waals surface area (Å²) in [7, 11) is 0. The highest BCUT2D eigenvalue weighted by molar-refractivity contribution is 9.10. The lowest BCUT2D eigenvalue weighted by Crippen LogP contribution is -2.42. The second-order valence-electron chi connectivity index (χ2n) is 7.58. The first-order chi connectivity index (χ1) is 16.9. The monoisotopic (exact) mass is 605 g/mol. The highest BCUT2D eigenvalue weighted by Gasteiger charge is 2.39. The Hall–Kier alpha value is -3.56. The van der Waals surface area contributed by atoms with Crippen molar-refractivity contribution >= 4 is 33.6 Å². The van der Waals surface area contributed by atoms with Crippen LogP contribution >= 0.6 is 15.9 Å². The largest absolute Gasteiger partial charge is 0.573 e. The summed E-state index contributed by atoms with van der Waals surface area (Å²) in [5.41, 5.74) is -3.00. The molecule has 1 N–H and O–H groups in total. The SMILES string of the molecule is CC1(C)OC(=O)C(=CNc2cc(OC(F)(F)F)cc(Br)c2Oc2c(F)cc(C(F)(F)F)cc2F)C(=O)O1. The van der Waals surface area contributed by atoms with Crippen LogP contribution in [0.2, 0.25) is 0 Å². The Kier molecular flexibility index (Phi) is 7.36. The normalized spacial score (nSPS) is 15.6. The number of benzene rings is 2. The molecule has 0 saturated carbocycles. The number of cyclic esters (lactones) is 2. The number of esters is 2. The molecule has 3 rings (SSSR count). The molecule has 16 heteroatoms. The molecule has 0 radical (unpaired) electrons. The van der Waals surface area contributed by atoms with E-state index in [0.29, 0.717) is 18.3 Å². The fourth-order valence-corrected chi connectivity index (χ4v) is 3.34. The molecule has 1 saturated heterocycles. The van der Waals surface area contributed by atoms with Crippen LogP contribution in [0, 0.1) is 11.6 Å². The van der Waals surface area contributed by atoms with Gasteiger partial charge in [0.2, 0.25) is 0 Å². The quantitative estimate of drug-likeness (QED) is 0.179. The fourth-order valence-electron chi connectivity index (χ4n) is 2.82. The van der Waals surface area contributed by atoms with Crippen molar-refractivity contribution in [1.29, 1.82) is 0 Å². The number of ether oxygens (including phenoxy) is 4. The summed E-state index contributed by atoms with van der Waals surface area (Å²) in [6.07, 6.45) is -9.62. The molecule has 0 aliphatic carbocycles. The summed E-state index contributed by atoms with van der Waals surface area (Å²) in [6.45, 7) is 2.50. The van der Waals surface area contributed by atoms with E-state index in [-0.39, 0.29) is 12.1 Å². The van der Waals surface area contributed by atoms with Gasteiger partial charge in [0, 0.05) is 26.1 Å². The Balaban J connectivity index is 2.06. The average Bonchev–Trinajstić information content (AvgIpc) is 2.68. The predicted molar refractivity (Wildman–Crippen MR) is 110 cm³/mol. The third-order valence-corrected chi connectivity index (χ3v) is 4.86. The van der Waals surface area contributed by atoms with Gasteiger partial charge in [-0.15, -0.1) is 13.2 Å². The van der Waals surface area contributed by atoms with Gasteiger partial charge in [-0.25, -0.2) is 18.4 Å². The van der Waals surface area contributed by atoms with Gasteiger partial charge in [-0.3, -0.25) is 0 Å². The molecule has 1 aliphatic rings. The van der Waals surface area contributed by atoms with Crippen molar-refractivity contribution in [2.24, 2.45) is 0 Å². The van der Waals surface area contributed by atoms with Crippen molar-refractivity contribution in [2.45, 2.75) is 32.2 Å². The van der Waals surface area contributed by atoms with Crippen LogP contribution in [0.4, 0.5) is 40.8 Å². The molecule has 200 valence electrons. The van der Waals surface area contributed by atoms with Gasteiger partial charge in [-0.1, -0.05) is 0 Å². The topological polar surface area (TPSA) is 83.1 Å². The lowest BCUT2D eigenvalue weighted by Gasteiger charge is -2.29. The van der Waals surface area contributed by atoms with E-state index in [1.807, 2.05) is 0 Å². The predicted octanol–water partition coefficient (Wildman–Crippen LogP) is 6.57. The molecule has 0 bridgehead atoms. The van der Waals surface area contributed by atoms with Crippen molar-refractivity contribution in [3.05, 3.63) is 57.7 Å². The molecule has 7 nitrogen and oxygen atoms in total. The van der Waals surface area contributed by atoms with Crippen LogP contribution < -0.4 is 14.8 Å². The van der Waals surface area contributed by atoms with E-state index in [1.54, 1.807) is 0 Å². The number of nitrogens with one attached hydrogen (secondary N) is 1. The molecule has 0 aromatic heterocycles. The van der Waals surface area contributed by atoms with E-state index < -0.39 is 80.4 Å². The van der Waals surface area contributed by atoms with Crippen molar-refractivity contribution in [3.8, 4) is 17.2 Å². The Bertz CT molecular complexity index is 1240. The van der Waals surface area contributed by atoms with Crippen molar-refractivity contribution in [1.82, 2.24) is 0 Å². The molecule has 37 heavy (non-hydrogen) atoms. The van der Waals surface area contributed by atoms with Crippen LogP contribution in [0.3, 0.4) is 0 Å². The van der Waals surface area contributed by atoms with E-state index >= 15 is 0 Å². The zero-order valence-corrected chi connectivity index (χ0v) is 19.8. The summed E-state index contributed by atoms with van der Waals surface area (Å²) in [6, 6.07) is 1.16.